The second-order valence-corrected chi connectivity index (χ2v) is 8.37. The molecular weight excluding hydrogens is 382 g/mol. The Morgan fingerprint density at radius 3 is 2.57 bits per heavy atom. The van der Waals surface area contributed by atoms with E-state index in [2.05, 4.69) is 19.2 Å². The van der Waals surface area contributed by atoms with Crippen molar-refractivity contribution >= 4 is 17.7 Å². The molecule has 160 valence electrons. The average molecular weight is 411 g/mol. The number of Topliss-reactive ketones (excluding diaryl/α,β-unsaturated/α-hetero) is 1. The van der Waals surface area contributed by atoms with Crippen molar-refractivity contribution in [2.24, 2.45) is 5.92 Å². The number of allylic oxidation sites excluding steroid dienone is 1. The Morgan fingerprint density at radius 1 is 1.20 bits per heavy atom. The maximum absolute atomic E-state index is 12.8. The SMILES string of the molecule is CC[C@H](C)C[C@]1(C)C=C/C(=C2/C(=O)O[C@@H](CC(=O)N[C@H](C)c3ccccc3)C2=O)O1. The van der Waals surface area contributed by atoms with Crippen molar-refractivity contribution in [3.8, 4) is 0 Å². The number of ether oxygens (including phenoxy) is 2. The number of cyclic esters (lactones) is 1. The summed E-state index contributed by atoms with van der Waals surface area (Å²) in [5.74, 6) is -0.917. The maximum atomic E-state index is 12.8. The summed E-state index contributed by atoms with van der Waals surface area (Å²) in [5.41, 5.74) is 0.292. The van der Waals surface area contributed by atoms with Crippen molar-refractivity contribution in [2.45, 2.75) is 64.7 Å². The lowest BCUT2D eigenvalue weighted by atomic mass is 9.92. The Balaban J connectivity index is 1.64. The smallest absolute Gasteiger partial charge is 0.346 e. The van der Waals surface area contributed by atoms with Gasteiger partial charge in [-0.15, -0.1) is 0 Å². The lowest BCUT2D eigenvalue weighted by molar-refractivity contribution is -0.143. The van der Waals surface area contributed by atoms with Gasteiger partial charge in [-0.05, 0) is 43.9 Å². The minimum atomic E-state index is -1.12. The quantitative estimate of drug-likeness (QED) is 0.419. The summed E-state index contributed by atoms with van der Waals surface area (Å²) < 4.78 is 11.2. The van der Waals surface area contributed by atoms with Gasteiger partial charge in [0.15, 0.2) is 6.10 Å². The van der Waals surface area contributed by atoms with E-state index in [1.165, 1.54) is 0 Å². The van der Waals surface area contributed by atoms with Gasteiger partial charge >= 0.3 is 5.97 Å². The van der Waals surface area contributed by atoms with E-state index >= 15 is 0 Å². The molecule has 6 nitrogen and oxygen atoms in total. The minimum Gasteiger partial charge on any atom is -0.482 e. The zero-order valence-electron chi connectivity index (χ0n) is 17.9. The van der Waals surface area contributed by atoms with Gasteiger partial charge in [0.1, 0.15) is 16.9 Å². The summed E-state index contributed by atoms with van der Waals surface area (Å²) in [4.78, 5) is 37.5. The van der Waals surface area contributed by atoms with Crippen LogP contribution in [0.2, 0.25) is 0 Å². The van der Waals surface area contributed by atoms with Crippen LogP contribution in [0.3, 0.4) is 0 Å². The number of ketones is 1. The second kappa shape index (κ2) is 8.86. The summed E-state index contributed by atoms with van der Waals surface area (Å²) in [6, 6.07) is 9.29. The molecule has 2 heterocycles. The Bertz CT molecular complexity index is 888. The van der Waals surface area contributed by atoms with Crippen LogP contribution in [0.5, 0.6) is 0 Å². The van der Waals surface area contributed by atoms with Crippen LogP contribution in [-0.4, -0.2) is 29.4 Å². The molecule has 0 aliphatic carbocycles. The molecule has 3 rings (SSSR count). The molecule has 1 fully saturated rings. The van der Waals surface area contributed by atoms with Gasteiger partial charge in [0.25, 0.3) is 0 Å². The Kier molecular flexibility index (Phi) is 6.44. The van der Waals surface area contributed by atoms with Gasteiger partial charge in [-0.3, -0.25) is 9.59 Å². The standard InChI is InChI=1S/C24H29NO5/c1-5-15(2)14-24(4)12-11-18(30-24)21-22(27)19(29-23(21)28)13-20(26)25-16(3)17-9-7-6-8-10-17/h6-12,15-16,19H,5,13-14H2,1-4H3,(H,25,26)/b21-18-/t15-,16+,19-,24-/m0/s1. The number of carbonyl (C=O) groups is 3. The molecule has 1 aromatic carbocycles. The number of esters is 1. The van der Waals surface area contributed by atoms with E-state index in [9.17, 15) is 14.4 Å². The normalized spacial score (nSPS) is 27.5. The highest BCUT2D eigenvalue weighted by Crippen LogP contribution is 2.36. The average Bonchev–Trinajstić information content (AvgIpc) is 3.21. The van der Waals surface area contributed by atoms with Crippen LogP contribution >= 0.6 is 0 Å². The van der Waals surface area contributed by atoms with Crippen molar-refractivity contribution < 1.29 is 23.9 Å². The molecule has 0 unspecified atom stereocenters. The Hall–Kier alpha value is -2.89. The molecule has 30 heavy (non-hydrogen) atoms. The summed E-state index contributed by atoms with van der Waals surface area (Å²) in [5, 5.41) is 2.84. The summed E-state index contributed by atoms with van der Waals surface area (Å²) >= 11 is 0. The van der Waals surface area contributed by atoms with E-state index < -0.39 is 23.5 Å². The Labute approximate surface area is 177 Å². The first-order chi connectivity index (χ1) is 14.2. The van der Waals surface area contributed by atoms with E-state index in [0.717, 1.165) is 18.4 Å². The van der Waals surface area contributed by atoms with Crippen molar-refractivity contribution in [1.29, 1.82) is 0 Å². The van der Waals surface area contributed by atoms with E-state index in [1.54, 1.807) is 6.08 Å². The highest BCUT2D eigenvalue weighted by atomic mass is 16.6. The van der Waals surface area contributed by atoms with E-state index in [0.29, 0.717) is 5.92 Å². The number of hydrogen-bond acceptors (Lipinski definition) is 5. The third kappa shape index (κ3) is 4.81. The number of rotatable bonds is 7. The second-order valence-electron chi connectivity index (χ2n) is 8.37. The zero-order valence-corrected chi connectivity index (χ0v) is 17.9. The number of amides is 1. The monoisotopic (exact) mass is 411 g/mol. The first-order valence-electron chi connectivity index (χ1n) is 10.4. The predicted octanol–water partition coefficient (Wildman–Crippen LogP) is 3.78. The van der Waals surface area contributed by atoms with E-state index in [-0.39, 0.29) is 29.7 Å². The highest BCUT2D eigenvalue weighted by Gasteiger charge is 2.44. The van der Waals surface area contributed by atoms with Gasteiger partial charge in [-0.2, -0.15) is 0 Å². The van der Waals surface area contributed by atoms with Gasteiger partial charge in [0.05, 0.1) is 12.5 Å². The van der Waals surface area contributed by atoms with Crippen LogP contribution in [0.25, 0.3) is 0 Å². The van der Waals surface area contributed by atoms with Gasteiger partial charge in [-0.25, -0.2) is 4.79 Å². The molecule has 2 aliphatic heterocycles. The third-order valence-corrected chi connectivity index (χ3v) is 5.67. The first kappa shape index (κ1) is 21.8. The molecule has 1 N–H and O–H groups in total. The fourth-order valence-corrected chi connectivity index (χ4v) is 3.80. The van der Waals surface area contributed by atoms with Crippen LogP contribution in [0.1, 0.15) is 58.6 Å². The molecule has 4 atom stereocenters. The molecule has 0 radical (unpaired) electrons. The van der Waals surface area contributed by atoms with E-state index in [1.807, 2.05) is 50.3 Å². The summed E-state index contributed by atoms with van der Waals surface area (Å²) in [6.45, 7) is 8.04. The summed E-state index contributed by atoms with van der Waals surface area (Å²) in [7, 11) is 0. The van der Waals surface area contributed by atoms with Crippen molar-refractivity contribution in [3.05, 3.63) is 59.4 Å². The van der Waals surface area contributed by atoms with E-state index in [4.69, 9.17) is 9.47 Å². The molecule has 0 aromatic heterocycles. The lowest BCUT2D eigenvalue weighted by Gasteiger charge is -2.26. The molecule has 0 saturated carbocycles. The number of benzene rings is 1. The van der Waals surface area contributed by atoms with Gasteiger partial charge < -0.3 is 14.8 Å². The van der Waals surface area contributed by atoms with Crippen molar-refractivity contribution in [3.63, 3.8) is 0 Å². The van der Waals surface area contributed by atoms with Crippen molar-refractivity contribution in [1.82, 2.24) is 5.32 Å². The highest BCUT2D eigenvalue weighted by molar-refractivity contribution is 6.24. The first-order valence-corrected chi connectivity index (χ1v) is 10.4. The maximum Gasteiger partial charge on any atom is 0.346 e. The molecule has 1 aromatic rings. The minimum absolute atomic E-state index is 0.104. The summed E-state index contributed by atoms with van der Waals surface area (Å²) in [6.07, 6.45) is 4.00. The van der Waals surface area contributed by atoms with Gasteiger partial charge in [0, 0.05) is 0 Å². The predicted molar refractivity (Wildman–Crippen MR) is 112 cm³/mol. The number of nitrogens with one attached hydrogen (secondary N) is 1. The van der Waals surface area contributed by atoms with Crippen LogP contribution in [0, 0.1) is 5.92 Å². The Morgan fingerprint density at radius 2 is 1.90 bits per heavy atom. The molecule has 0 spiro atoms. The zero-order chi connectivity index (χ0) is 21.9. The number of carbonyl (C=O) groups excluding carboxylic acids is 3. The van der Waals surface area contributed by atoms with Crippen LogP contribution in [0.15, 0.2) is 53.8 Å². The van der Waals surface area contributed by atoms with Crippen LogP contribution < -0.4 is 5.32 Å². The molecule has 6 heteroatoms. The topological polar surface area (TPSA) is 81.7 Å². The van der Waals surface area contributed by atoms with Crippen LogP contribution in [-0.2, 0) is 23.9 Å². The van der Waals surface area contributed by atoms with Gasteiger partial charge in [0.2, 0.25) is 11.7 Å². The lowest BCUT2D eigenvalue weighted by Crippen LogP contribution is -2.32. The third-order valence-electron chi connectivity index (χ3n) is 5.67. The molecule has 2 aliphatic rings. The fourth-order valence-electron chi connectivity index (χ4n) is 3.80. The van der Waals surface area contributed by atoms with Gasteiger partial charge in [-0.1, -0.05) is 50.6 Å². The molecule has 0 bridgehead atoms. The molecule has 1 amide bonds. The number of hydrogen-bond donors (Lipinski definition) is 1. The van der Waals surface area contributed by atoms with Crippen LogP contribution in [0.4, 0.5) is 0 Å². The molecule has 1 saturated heterocycles. The van der Waals surface area contributed by atoms with Crippen molar-refractivity contribution in [2.75, 3.05) is 0 Å². The largest absolute Gasteiger partial charge is 0.482 e. The fraction of sp³-hybridized carbons (Fsp3) is 0.458. The molecular formula is C24H29NO5.